The van der Waals surface area contributed by atoms with Crippen molar-refractivity contribution in [2.45, 2.75) is 39.0 Å². The standard InChI is InChI=1S/C17H21N3/c1-11-6-12(2)8-13(7-11)9-17-19-15(14-4-5-14)10-16(18-3)20-17/h6-8,10,14H,4-5,9H2,1-3H3,(H,18,19,20). The van der Waals surface area contributed by atoms with Crippen molar-refractivity contribution in [3.8, 4) is 0 Å². The van der Waals surface area contributed by atoms with Crippen molar-refractivity contribution in [2.75, 3.05) is 12.4 Å². The quantitative estimate of drug-likeness (QED) is 0.919. The molecule has 0 saturated heterocycles. The smallest absolute Gasteiger partial charge is 0.135 e. The second kappa shape index (κ2) is 5.23. The van der Waals surface area contributed by atoms with Gasteiger partial charge in [-0.25, -0.2) is 9.97 Å². The minimum atomic E-state index is 0.656. The van der Waals surface area contributed by atoms with Gasteiger partial charge in [0.1, 0.15) is 11.6 Å². The molecule has 0 amide bonds. The largest absolute Gasteiger partial charge is 0.373 e. The Kier molecular flexibility index (Phi) is 3.43. The van der Waals surface area contributed by atoms with Crippen LogP contribution in [-0.2, 0) is 6.42 Å². The molecule has 3 rings (SSSR count). The van der Waals surface area contributed by atoms with E-state index in [4.69, 9.17) is 4.98 Å². The lowest BCUT2D eigenvalue weighted by Gasteiger charge is -2.08. The van der Waals surface area contributed by atoms with Gasteiger partial charge in [0, 0.05) is 31.1 Å². The molecule has 1 aromatic heterocycles. The molecule has 0 unspecified atom stereocenters. The topological polar surface area (TPSA) is 37.8 Å². The lowest BCUT2D eigenvalue weighted by Crippen LogP contribution is -2.04. The molecule has 1 N–H and O–H groups in total. The van der Waals surface area contributed by atoms with Gasteiger partial charge >= 0.3 is 0 Å². The van der Waals surface area contributed by atoms with Gasteiger partial charge in [-0.2, -0.15) is 0 Å². The summed E-state index contributed by atoms with van der Waals surface area (Å²) in [6, 6.07) is 8.73. The number of aryl methyl sites for hydroxylation is 2. The number of anilines is 1. The van der Waals surface area contributed by atoms with Crippen LogP contribution in [-0.4, -0.2) is 17.0 Å². The summed E-state index contributed by atoms with van der Waals surface area (Å²) in [6.07, 6.45) is 3.34. The fourth-order valence-corrected chi connectivity index (χ4v) is 2.67. The summed E-state index contributed by atoms with van der Waals surface area (Å²) in [4.78, 5) is 9.34. The van der Waals surface area contributed by atoms with Crippen LogP contribution in [0.3, 0.4) is 0 Å². The normalized spacial score (nSPS) is 14.3. The average molecular weight is 267 g/mol. The van der Waals surface area contributed by atoms with E-state index in [2.05, 4.69) is 48.4 Å². The highest BCUT2D eigenvalue weighted by Gasteiger charge is 2.26. The van der Waals surface area contributed by atoms with Crippen LogP contribution in [0.5, 0.6) is 0 Å². The van der Waals surface area contributed by atoms with Gasteiger partial charge in [-0.15, -0.1) is 0 Å². The minimum absolute atomic E-state index is 0.656. The Morgan fingerprint density at radius 2 is 1.75 bits per heavy atom. The van der Waals surface area contributed by atoms with E-state index in [1.165, 1.54) is 35.2 Å². The van der Waals surface area contributed by atoms with Crippen molar-refractivity contribution in [3.05, 3.63) is 52.5 Å². The summed E-state index contributed by atoms with van der Waals surface area (Å²) in [5, 5.41) is 3.15. The van der Waals surface area contributed by atoms with Crippen LogP contribution in [0.1, 0.15) is 47.0 Å². The van der Waals surface area contributed by atoms with Gasteiger partial charge in [0.2, 0.25) is 0 Å². The highest BCUT2D eigenvalue weighted by Crippen LogP contribution is 2.39. The first-order valence-corrected chi connectivity index (χ1v) is 7.27. The van der Waals surface area contributed by atoms with Gasteiger partial charge in [-0.1, -0.05) is 29.3 Å². The molecule has 1 aliphatic rings. The van der Waals surface area contributed by atoms with Crippen molar-refractivity contribution < 1.29 is 0 Å². The summed E-state index contributed by atoms with van der Waals surface area (Å²) in [6.45, 7) is 4.27. The number of hydrogen-bond donors (Lipinski definition) is 1. The van der Waals surface area contributed by atoms with Crippen LogP contribution in [0.25, 0.3) is 0 Å². The van der Waals surface area contributed by atoms with Gasteiger partial charge in [-0.3, -0.25) is 0 Å². The third-order valence-electron chi connectivity index (χ3n) is 3.69. The maximum Gasteiger partial charge on any atom is 0.135 e. The van der Waals surface area contributed by atoms with Crippen LogP contribution >= 0.6 is 0 Å². The lowest BCUT2D eigenvalue weighted by molar-refractivity contribution is 0.900. The average Bonchev–Trinajstić information content (AvgIpc) is 3.21. The fraction of sp³-hybridized carbons (Fsp3) is 0.412. The van der Waals surface area contributed by atoms with E-state index in [-0.39, 0.29) is 0 Å². The van der Waals surface area contributed by atoms with Crippen molar-refractivity contribution in [1.29, 1.82) is 0 Å². The van der Waals surface area contributed by atoms with E-state index >= 15 is 0 Å². The zero-order valence-corrected chi connectivity index (χ0v) is 12.4. The molecule has 0 bridgehead atoms. The van der Waals surface area contributed by atoms with Crippen LogP contribution < -0.4 is 5.32 Å². The molecule has 1 fully saturated rings. The molecule has 1 aliphatic carbocycles. The number of nitrogens with one attached hydrogen (secondary N) is 1. The Hall–Kier alpha value is -1.90. The highest BCUT2D eigenvalue weighted by atomic mass is 15.0. The predicted molar refractivity (Wildman–Crippen MR) is 82.3 cm³/mol. The third kappa shape index (κ3) is 2.98. The Bertz CT molecular complexity index is 610. The van der Waals surface area contributed by atoms with Crippen molar-refractivity contribution in [2.24, 2.45) is 0 Å². The number of benzene rings is 1. The van der Waals surface area contributed by atoms with Gasteiger partial charge in [0.05, 0.1) is 0 Å². The van der Waals surface area contributed by atoms with Crippen molar-refractivity contribution in [3.63, 3.8) is 0 Å². The van der Waals surface area contributed by atoms with Gasteiger partial charge < -0.3 is 5.32 Å². The minimum Gasteiger partial charge on any atom is -0.373 e. The Morgan fingerprint density at radius 3 is 2.35 bits per heavy atom. The van der Waals surface area contributed by atoms with E-state index in [1.807, 2.05) is 7.05 Å². The highest BCUT2D eigenvalue weighted by molar-refractivity contribution is 5.38. The van der Waals surface area contributed by atoms with E-state index in [0.717, 1.165) is 18.1 Å². The molecule has 0 atom stereocenters. The number of aromatic nitrogens is 2. The molecule has 2 aromatic rings. The molecule has 3 heteroatoms. The van der Waals surface area contributed by atoms with Gasteiger partial charge in [-0.05, 0) is 32.3 Å². The first-order valence-electron chi connectivity index (χ1n) is 7.27. The van der Waals surface area contributed by atoms with E-state index in [1.54, 1.807) is 0 Å². The van der Waals surface area contributed by atoms with Crippen molar-refractivity contribution in [1.82, 2.24) is 9.97 Å². The monoisotopic (exact) mass is 267 g/mol. The summed E-state index contributed by atoms with van der Waals surface area (Å²) in [5.41, 5.74) is 5.08. The summed E-state index contributed by atoms with van der Waals surface area (Å²) >= 11 is 0. The number of hydrogen-bond acceptors (Lipinski definition) is 3. The van der Waals surface area contributed by atoms with Crippen LogP contribution in [0.15, 0.2) is 24.3 Å². The maximum atomic E-state index is 4.75. The molecular formula is C17H21N3. The van der Waals surface area contributed by atoms with Crippen LogP contribution in [0, 0.1) is 13.8 Å². The zero-order valence-electron chi connectivity index (χ0n) is 12.4. The predicted octanol–water partition coefficient (Wildman–Crippen LogP) is 3.60. The maximum absolute atomic E-state index is 4.75. The fourth-order valence-electron chi connectivity index (χ4n) is 2.67. The van der Waals surface area contributed by atoms with E-state index in [9.17, 15) is 0 Å². The molecule has 0 aliphatic heterocycles. The molecule has 0 radical (unpaired) electrons. The van der Waals surface area contributed by atoms with E-state index in [0.29, 0.717) is 5.92 Å². The molecule has 20 heavy (non-hydrogen) atoms. The molecule has 1 saturated carbocycles. The first kappa shape index (κ1) is 13.1. The molecule has 1 heterocycles. The van der Waals surface area contributed by atoms with E-state index < -0.39 is 0 Å². The summed E-state index contributed by atoms with van der Waals surface area (Å²) in [7, 11) is 1.92. The Balaban J connectivity index is 1.90. The van der Waals surface area contributed by atoms with Crippen LogP contribution in [0.4, 0.5) is 5.82 Å². The third-order valence-corrected chi connectivity index (χ3v) is 3.69. The second-order valence-corrected chi connectivity index (χ2v) is 5.79. The molecule has 3 nitrogen and oxygen atoms in total. The molecule has 104 valence electrons. The Labute approximate surface area is 120 Å². The second-order valence-electron chi connectivity index (χ2n) is 5.79. The SMILES string of the molecule is CNc1cc(C2CC2)nc(Cc2cc(C)cc(C)c2)n1. The van der Waals surface area contributed by atoms with Gasteiger partial charge in [0.15, 0.2) is 0 Å². The molecule has 1 aromatic carbocycles. The number of nitrogens with zero attached hydrogens (tertiary/aromatic N) is 2. The molecular weight excluding hydrogens is 246 g/mol. The lowest BCUT2D eigenvalue weighted by atomic mass is 10.0. The Morgan fingerprint density at radius 1 is 1.05 bits per heavy atom. The number of rotatable bonds is 4. The van der Waals surface area contributed by atoms with Gasteiger partial charge in [0.25, 0.3) is 0 Å². The van der Waals surface area contributed by atoms with Crippen molar-refractivity contribution >= 4 is 5.82 Å². The molecule has 0 spiro atoms. The first-order chi connectivity index (χ1) is 9.64. The summed E-state index contributed by atoms with van der Waals surface area (Å²) < 4.78 is 0. The van der Waals surface area contributed by atoms with Crippen LogP contribution in [0.2, 0.25) is 0 Å². The zero-order chi connectivity index (χ0) is 14.1. The summed E-state index contributed by atoms with van der Waals surface area (Å²) in [5.74, 6) is 2.51.